The summed E-state index contributed by atoms with van der Waals surface area (Å²) in [6.45, 7) is 3.78. The fourth-order valence-corrected chi connectivity index (χ4v) is 1.68. The molecule has 2 N–H and O–H groups in total. The van der Waals surface area contributed by atoms with Gasteiger partial charge >= 0.3 is 5.97 Å². The van der Waals surface area contributed by atoms with Gasteiger partial charge in [0.1, 0.15) is 0 Å². The van der Waals surface area contributed by atoms with Crippen LogP contribution in [0.25, 0.3) is 0 Å². The molecule has 0 spiro atoms. The molecular weight excluding hydrogens is 182 g/mol. The van der Waals surface area contributed by atoms with Crippen molar-refractivity contribution >= 4 is 5.97 Å². The maximum atomic E-state index is 10.8. The number of hydrogen-bond acceptors (Lipinski definition) is 3. The average Bonchev–Trinajstić information content (AvgIpc) is 2.18. The van der Waals surface area contributed by atoms with Crippen LogP contribution in [0.5, 0.6) is 0 Å². The van der Waals surface area contributed by atoms with Gasteiger partial charge < -0.3 is 15.2 Å². The summed E-state index contributed by atoms with van der Waals surface area (Å²) in [7, 11) is 0. The first-order valence-electron chi connectivity index (χ1n) is 5.33. The highest BCUT2D eigenvalue weighted by Gasteiger charge is 2.23. The summed E-state index contributed by atoms with van der Waals surface area (Å²) < 4.78 is 5.53. The first kappa shape index (κ1) is 11.5. The predicted molar refractivity (Wildman–Crippen MR) is 53.3 cm³/mol. The minimum atomic E-state index is -0.836. The van der Waals surface area contributed by atoms with E-state index < -0.39 is 12.1 Å². The van der Waals surface area contributed by atoms with Crippen LogP contribution in [0.4, 0.5) is 0 Å². The third-order valence-electron chi connectivity index (χ3n) is 2.43. The van der Waals surface area contributed by atoms with Crippen molar-refractivity contribution < 1.29 is 14.6 Å². The van der Waals surface area contributed by atoms with Gasteiger partial charge in [-0.25, -0.2) is 4.79 Å². The lowest BCUT2D eigenvalue weighted by molar-refractivity contribution is -0.155. The van der Waals surface area contributed by atoms with Crippen LogP contribution in [0.2, 0.25) is 0 Å². The molecule has 0 amide bonds. The molecule has 0 saturated carbocycles. The lowest BCUT2D eigenvalue weighted by Crippen LogP contribution is -2.39. The SMILES string of the molecule is CCCC(O[C@H]1CCCNC1)C(=O)O. The minimum absolute atomic E-state index is 0.0800. The molecule has 1 heterocycles. The van der Waals surface area contributed by atoms with Crippen molar-refractivity contribution in [1.82, 2.24) is 5.32 Å². The Morgan fingerprint density at radius 2 is 2.50 bits per heavy atom. The number of hydrogen-bond donors (Lipinski definition) is 2. The molecule has 1 saturated heterocycles. The monoisotopic (exact) mass is 201 g/mol. The zero-order valence-corrected chi connectivity index (χ0v) is 8.66. The molecule has 0 aliphatic carbocycles. The quantitative estimate of drug-likeness (QED) is 0.697. The highest BCUT2D eigenvalue weighted by molar-refractivity contribution is 5.72. The van der Waals surface area contributed by atoms with Gasteiger partial charge in [-0.1, -0.05) is 13.3 Å². The predicted octanol–water partition coefficient (Wildman–Crippen LogP) is 1.01. The molecule has 1 fully saturated rings. The van der Waals surface area contributed by atoms with E-state index in [0.29, 0.717) is 6.42 Å². The van der Waals surface area contributed by atoms with Crippen molar-refractivity contribution in [2.75, 3.05) is 13.1 Å². The van der Waals surface area contributed by atoms with Crippen LogP contribution in [-0.4, -0.2) is 36.4 Å². The van der Waals surface area contributed by atoms with Crippen molar-refractivity contribution in [2.24, 2.45) is 0 Å². The molecule has 1 aliphatic rings. The molecule has 1 rings (SSSR count). The summed E-state index contributed by atoms with van der Waals surface area (Å²) >= 11 is 0. The van der Waals surface area contributed by atoms with Gasteiger partial charge in [0.15, 0.2) is 6.10 Å². The van der Waals surface area contributed by atoms with Crippen LogP contribution < -0.4 is 5.32 Å². The highest BCUT2D eigenvalue weighted by atomic mass is 16.5. The zero-order chi connectivity index (χ0) is 10.4. The Morgan fingerprint density at radius 3 is 3.00 bits per heavy atom. The zero-order valence-electron chi connectivity index (χ0n) is 8.66. The smallest absolute Gasteiger partial charge is 0.332 e. The van der Waals surface area contributed by atoms with Gasteiger partial charge in [-0.3, -0.25) is 0 Å². The molecule has 82 valence electrons. The molecule has 1 unspecified atom stereocenters. The largest absolute Gasteiger partial charge is 0.479 e. The number of nitrogens with one attached hydrogen (secondary N) is 1. The summed E-state index contributed by atoms with van der Waals surface area (Å²) in [5.41, 5.74) is 0. The van der Waals surface area contributed by atoms with Gasteiger partial charge in [-0.05, 0) is 25.8 Å². The van der Waals surface area contributed by atoms with E-state index in [4.69, 9.17) is 9.84 Å². The highest BCUT2D eigenvalue weighted by Crippen LogP contribution is 2.12. The van der Waals surface area contributed by atoms with Crippen LogP contribution in [0.1, 0.15) is 32.6 Å². The fourth-order valence-electron chi connectivity index (χ4n) is 1.68. The molecule has 1 aliphatic heterocycles. The van der Waals surface area contributed by atoms with Crippen LogP contribution in [0.15, 0.2) is 0 Å². The number of aliphatic carboxylic acids is 1. The number of piperidine rings is 1. The number of ether oxygens (including phenoxy) is 1. The fraction of sp³-hybridized carbons (Fsp3) is 0.900. The molecule has 4 heteroatoms. The molecule has 0 radical (unpaired) electrons. The Kier molecular flexibility index (Phi) is 4.90. The normalized spacial score (nSPS) is 24.5. The Labute approximate surface area is 84.6 Å². The summed E-state index contributed by atoms with van der Waals surface area (Å²) in [6.07, 6.45) is 2.95. The second kappa shape index (κ2) is 5.98. The van der Waals surface area contributed by atoms with Crippen molar-refractivity contribution in [2.45, 2.75) is 44.8 Å². The van der Waals surface area contributed by atoms with Gasteiger partial charge in [-0.15, -0.1) is 0 Å². The van der Waals surface area contributed by atoms with E-state index in [1.165, 1.54) is 0 Å². The summed E-state index contributed by atoms with van der Waals surface area (Å²) in [4.78, 5) is 10.8. The lowest BCUT2D eigenvalue weighted by atomic mass is 10.1. The molecule has 0 aromatic rings. The molecule has 0 aromatic heterocycles. The van der Waals surface area contributed by atoms with E-state index in [-0.39, 0.29) is 6.10 Å². The summed E-state index contributed by atoms with van der Waals surface area (Å²) in [5.74, 6) is -0.836. The third-order valence-corrected chi connectivity index (χ3v) is 2.43. The molecule has 14 heavy (non-hydrogen) atoms. The van der Waals surface area contributed by atoms with Gasteiger partial charge in [-0.2, -0.15) is 0 Å². The minimum Gasteiger partial charge on any atom is -0.479 e. The second-order valence-electron chi connectivity index (χ2n) is 3.72. The van der Waals surface area contributed by atoms with Gasteiger partial charge in [0.05, 0.1) is 6.10 Å². The molecule has 0 aromatic carbocycles. The van der Waals surface area contributed by atoms with Gasteiger partial charge in [0, 0.05) is 6.54 Å². The number of carboxylic acid groups (broad SMARTS) is 1. The van der Waals surface area contributed by atoms with E-state index in [0.717, 1.165) is 32.4 Å². The first-order chi connectivity index (χ1) is 6.74. The Hall–Kier alpha value is -0.610. The van der Waals surface area contributed by atoms with Crippen molar-refractivity contribution in [3.8, 4) is 0 Å². The Bertz CT molecular complexity index is 178. The third kappa shape index (κ3) is 3.64. The van der Waals surface area contributed by atoms with Crippen LogP contribution in [-0.2, 0) is 9.53 Å². The molecule has 2 atom stereocenters. The summed E-state index contributed by atoms with van der Waals surface area (Å²) in [5, 5.41) is 12.1. The molecular formula is C10H19NO3. The van der Waals surface area contributed by atoms with Crippen molar-refractivity contribution in [3.63, 3.8) is 0 Å². The Balaban J connectivity index is 2.33. The second-order valence-corrected chi connectivity index (χ2v) is 3.72. The number of rotatable bonds is 5. The lowest BCUT2D eigenvalue weighted by Gasteiger charge is -2.26. The van der Waals surface area contributed by atoms with Crippen molar-refractivity contribution in [1.29, 1.82) is 0 Å². The summed E-state index contributed by atoms with van der Waals surface area (Å²) in [6, 6.07) is 0. The van der Waals surface area contributed by atoms with Gasteiger partial charge in [0.25, 0.3) is 0 Å². The van der Waals surface area contributed by atoms with E-state index in [1.807, 2.05) is 6.92 Å². The van der Waals surface area contributed by atoms with Crippen LogP contribution in [0.3, 0.4) is 0 Å². The average molecular weight is 201 g/mol. The maximum Gasteiger partial charge on any atom is 0.332 e. The van der Waals surface area contributed by atoms with Crippen molar-refractivity contribution in [3.05, 3.63) is 0 Å². The van der Waals surface area contributed by atoms with E-state index in [1.54, 1.807) is 0 Å². The van der Waals surface area contributed by atoms with E-state index >= 15 is 0 Å². The van der Waals surface area contributed by atoms with Crippen LogP contribution >= 0.6 is 0 Å². The van der Waals surface area contributed by atoms with E-state index in [9.17, 15) is 4.79 Å². The first-order valence-corrected chi connectivity index (χ1v) is 5.33. The van der Waals surface area contributed by atoms with Crippen LogP contribution in [0, 0.1) is 0 Å². The number of carbonyl (C=O) groups is 1. The number of carboxylic acids is 1. The topological polar surface area (TPSA) is 58.6 Å². The maximum absolute atomic E-state index is 10.8. The van der Waals surface area contributed by atoms with Gasteiger partial charge in [0.2, 0.25) is 0 Å². The molecule has 4 nitrogen and oxygen atoms in total. The standard InChI is InChI=1S/C10H19NO3/c1-2-4-9(10(12)13)14-8-5-3-6-11-7-8/h8-9,11H,2-7H2,1H3,(H,12,13)/t8-,9?/m0/s1. The Morgan fingerprint density at radius 1 is 1.71 bits per heavy atom. The van der Waals surface area contributed by atoms with E-state index in [2.05, 4.69) is 5.32 Å². The molecule has 0 bridgehead atoms.